The van der Waals surface area contributed by atoms with Crippen LogP contribution < -0.4 is 5.56 Å². The molecule has 0 radical (unpaired) electrons. The highest BCUT2D eigenvalue weighted by Gasteiger charge is 2.26. The van der Waals surface area contributed by atoms with Crippen molar-refractivity contribution >= 4 is 16.9 Å². The van der Waals surface area contributed by atoms with E-state index in [0.29, 0.717) is 22.6 Å². The fourth-order valence-corrected chi connectivity index (χ4v) is 3.77. The van der Waals surface area contributed by atoms with Crippen molar-refractivity contribution in [2.45, 2.75) is 51.1 Å². The number of carboxylic acid groups (broad SMARTS) is 1. The van der Waals surface area contributed by atoms with Crippen LogP contribution in [0.15, 0.2) is 35.4 Å². The van der Waals surface area contributed by atoms with E-state index < -0.39 is 12.0 Å². The largest absolute Gasteiger partial charge is 0.480 e. The highest BCUT2D eigenvalue weighted by Crippen LogP contribution is 2.33. The Kier molecular flexibility index (Phi) is 4.47. The molecule has 1 saturated carbocycles. The molecule has 8 heteroatoms. The zero-order chi connectivity index (χ0) is 19.0. The van der Waals surface area contributed by atoms with Crippen molar-refractivity contribution in [2.24, 2.45) is 0 Å². The lowest BCUT2D eigenvalue weighted by Gasteiger charge is -2.15. The second-order valence-electron chi connectivity index (χ2n) is 7.01. The van der Waals surface area contributed by atoms with E-state index in [2.05, 4.69) is 15.1 Å². The van der Waals surface area contributed by atoms with E-state index in [1.54, 1.807) is 18.2 Å². The number of fused-ring (bicyclic) bond motifs is 1. The molecule has 27 heavy (non-hydrogen) atoms. The normalized spacial score (nSPS) is 16.0. The van der Waals surface area contributed by atoms with Gasteiger partial charge >= 0.3 is 5.97 Å². The molecule has 140 valence electrons. The molecule has 0 saturated heterocycles. The monoisotopic (exact) mass is 367 g/mol. The van der Waals surface area contributed by atoms with Crippen LogP contribution in [-0.4, -0.2) is 35.4 Å². The van der Waals surface area contributed by atoms with Crippen LogP contribution in [0.1, 0.15) is 56.2 Å². The number of aromatic nitrogens is 5. The Balaban J connectivity index is 1.78. The van der Waals surface area contributed by atoms with Crippen LogP contribution in [0.3, 0.4) is 0 Å². The Hall–Kier alpha value is -3.03. The van der Waals surface area contributed by atoms with Crippen molar-refractivity contribution in [2.75, 3.05) is 0 Å². The predicted octanol–water partition coefficient (Wildman–Crippen LogP) is 2.34. The van der Waals surface area contributed by atoms with Crippen molar-refractivity contribution in [3.63, 3.8) is 0 Å². The molecule has 3 aromatic rings. The average Bonchev–Trinajstić information content (AvgIpc) is 3.31. The van der Waals surface area contributed by atoms with Crippen molar-refractivity contribution in [3.05, 3.63) is 52.6 Å². The minimum absolute atomic E-state index is 0.180. The third-order valence-corrected chi connectivity index (χ3v) is 5.20. The Labute approximate surface area is 155 Å². The zero-order valence-corrected chi connectivity index (χ0v) is 15.1. The summed E-state index contributed by atoms with van der Waals surface area (Å²) in [7, 11) is 0. The number of rotatable bonds is 5. The lowest BCUT2D eigenvalue weighted by molar-refractivity contribution is -0.137. The predicted molar refractivity (Wildman–Crippen MR) is 98.7 cm³/mol. The fraction of sp³-hybridized carbons (Fsp3) is 0.421. The second-order valence-corrected chi connectivity index (χ2v) is 7.01. The zero-order valence-electron chi connectivity index (χ0n) is 15.1. The van der Waals surface area contributed by atoms with Gasteiger partial charge in [0.25, 0.3) is 5.56 Å². The van der Waals surface area contributed by atoms with Crippen LogP contribution in [0.4, 0.5) is 0 Å². The maximum Gasteiger partial charge on any atom is 0.325 e. The van der Waals surface area contributed by atoms with Crippen molar-refractivity contribution in [3.8, 4) is 0 Å². The molecule has 1 N–H and O–H groups in total. The number of nitrogens with zero attached hydrogens (tertiary/aromatic N) is 5. The van der Waals surface area contributed by atoms with E-state index in [0.717, 1.165) is 25.7 Å². The molecular weight excluding hydrogens is 346 g/mol. The molecule has 1 aliphatic carbocycles. The Bertz CT molecular complexity index is 1050. The molecule has 1 atom stereocenters. The van der Waals surface area contributed by atoms with Crippen LogP contribution in [0.5, 0.6) is 0 Å². The number of carboxylic acids is 1. The summed E-state index contributed by atoms with van der Waals surface area (Å²) in [6, 6.07) is 6.68. The first kappa shape index (κ1) is 17.4. The van der Waals surface area contributed by atoms with E-state index in [9.17, 15) is 14.7 Å². The lowest BCUT2D eigenvalue weighted by atomic mass is 10.1. The van der Waals surface area contributed by atoms with Gasteiger partial charge in [0.1, 0.15) is 6.54 Å². The summed E-state index contributed by atoms with van der Waals surface area (Å²) >= 11 is 0. The molecule has 0 aliphatic heterocycles. The standard InChI is InChI=1S/C19H21N5O3/c1-12(23-11-20-15-9-5-4-8-14(15)19(23)27)18-21-17(13-6-2-3-7-13)22-24(18)10-16(25)26/h4-5,8-9,11-13H,2-3,6-7,10H2,1H3,(H,25,26). The summed E-state index contributed by atoms with van der Waals surface area (Å²) in [5.41, 5.74) is 0.449. The molecule has 1 aromatic carbocycles. The number of carbonyl (C=O) groups is 1. The molecule has 1 unspecified atom stereocenters. The van der Waals surface area contributed by atoms with Gasteiger partial charge in [-0.25, -0.2) is 14.6 Å². The summed E-state index contributed by atoms with van der Waals surface area (Å²) in [5.74, 6) is 0.420. The molecule has 2 aromatic heterocycles. The summed E-state index contributed by atoms with van der Waals surface area (Å²) in [6.45, 7) is 1.54. The van der Waals surface area contributed by atoms with Gasteiger partial charge < -0.3 is 5.11 Å². The summed E-state index contributed by atoms with van der Waals surface area (Å²) in [5, 5.41) is 14.2. The number of hydrogen-bond acceptors (Lipinski definition) is 5. The minimum Gasteiger partial charge on any atom is -0.480 e. The van der Waals surface area contributed by atoms with E-state index in [1.165, 1.54) is 15.6 Å². The van der Waals surface area contributed by atoms with Crippen molar-refractivity contribution < 1.29 is 9.90 Å². The first-order valence-corrected chi connectivity index (χ1v) is 9.17. The number of aliphatic carboxylic acids is 1. The van der Waals surface area contributed by atoms with Gasteiger partial charge in [0.2, 0.25) is 0 Å². The van der Waals surface area contributed by atoms with Crippen LogP contribution >= 0.6 is 0 Å². The van der Waals surface area contributed by atoms with E-state index >= 15 is 0 Å². The SMILES string of the molecule is CC(c1nc(C2CCCC2)nn1CC(=O)O)n1cnc2ccccc2c1=O. The van der Waals surface area contributed by atoms with Gasteiger partial charge in [0.15, 0.2) is 11.6 Å². The lowest BCUT2D eigenvalue weighted by Crippen LogP contribution is -2.27. The van der Waals surface area contributed by atoms with Crippen LogP contribution in [0.2, 0.25) is 0 Å². The van der Waals surface area contributed by atoms with Gasteiger partial charge in [-0.3, -0.25) is 14.2 Å². The number of benzene rings is 1. The molecule has 1 aliphatic rings. The smallest absolute Gasteiger partial charge is 0.325 e. The molecule has 8 nitrogen and oxygen atoms in total. The van der Waals surface area contributed by atoms with Gasteiger partial charge in [0, 0.05) is 5.92 Å². The molecule has 4 rings (SSSR count). The van der Waals surface area contributed by atoms with Crippen LogP contribution in [-0.2, 0) is 11.3 Å². The van der Waals surface area contributed by atoms with E-state index in [1.807, 2.05) is 13.0 Å². The quantitative estimate of drug-likeness (QED) is 0.742. The Morgan fingerprint density at radius 2 is 2.04 bits per heavy atom. The first-order valence-electron chi connectivity index (χ1n) is 9.17. The molecule has 2 heterocycles. The fourth-order valence-electron chi connectivity index (χ4n) is 3.77. The van der Waals surface area contributed by atoms with E-state index in [-0.39, 0.29) is 18.0 Å². The third-order valence-electron chi connectivity index (χ3n) is 5.20. The summed E-state index contributed by atoms with van der Waals surface area (Å²) in [4.78, 5) is 33.2. The Morgan fingerprint density at radius 1 is 1.30 bits per heavy atom. The van der Waals surface area contributed by atoms with Gasteiger partial charge in [-0.1, -0.05) is 25.0 Å². The van der Waals surface area contributed by atoms with Crippen molar-refractivity contribution in [1.82, 2.24) is 24.3 Å². The highest BCUT2D eigenvalue weighted by molar-refractivity contribution is 5.76. The van der Waals surface area contributed by atoms with Gasteiger partial charge in [-0.05, 0) is 31.9 Å². The van der Waals surface area contributed by atoms with Crippen LogP contribution in [0, 0.1) is 0 Å². The maximum atomic E-state index is 12.9. The van der Waals surface area contributed by atoms with Gasteiger partial charge in [0.05, 0.1) is 23.3 Å². The highest BCUT2D eigenvalue weighted by atomic mass is 16.4. The van der Waals surface area contributed by atoms with Crippen LogP contribution in [0.25, 0.3) is 10.9 Å². The average molecular weight is 367 g/mol. The molecule has 1 fully saturated rings. The topological polar surface area (TPSA) is 103 Å². The molecule has 0 spiro atoms. The summed E-state index contributed by atoms with van der Waals surface area (Å²) in [6.07, 6.45) is 5.79. The molecule has 0 bridgehead atoms. The molecule has 0 amide bonds. The van der Waals surface area contributed by atoms with E-state index in [4.69, 9.17) is 0 Å². The van der Waals surface area contributed by atoms with Gasteiger partial charge in [-0.15, -0.1) is 0 Å². The first-order chi connectivity index (χ1) is 13.0. The second kappa shape index (κ2) is 6.94. The summed E-state index contributed by atoms with van der Waals surface area (Å²) < 4.78 is 2.89. The van der Waals surface area contributed by atoms with Gasteiger partial charge in [-0.2, -0.15) is 5.10 Å². The Morgan fingerprint density at radius 3 is 2.78 bits per heavy atom. The molecular formula is C19H21N5O3. The third kappa shape index (κ3) is 3.22. The minimum atomic E-state index is -0.990. The number of hydrogen-bond donors (Lipinski definition) is 1. The maximum absolute atomic E-state index is 12.9. The number of para-hydroxylation sites is 1. The van der Waals surface area contributed by atoms with Crippen molar-refractivity contribution in [1.29, 1.82) is 0 Å².